The maximum atomic E-state index is 10.3. The zero-order valence-corrected chi connectivity index (χ0v) is 7.77. The summed E-state index contributed by atoms with van der Waals surface area (Å²) in [7, 11) is 0. The normalized spacial score (nSPS) is 19.5. The molecular weight excluding hydrogens is 206 g/mol. The first-order chi connectivity index (χ1) is 6.79. The van der Waals surface area contributed by atoms with Crippen molar-refractivity contribution in [2.45, 2.75) is 6.29 Å². The van der Waals surface area contributed by atoms with Crippen molar-refractivity contribution in [3.63, 3.8) is 0 Å². The molecule has 0 N–H and O–H groups in total. The van der Waals surface area contributed by atoms with E-state index < -0.39 is 6.29 Å². The first-order valence-corrected chi connectivity index (χ1v) is 4.29. The average Bonchev–Trinajstić information content (AvgIpc) is 2.67. The highest BCUT2D eigenvalue weighted by Crippen LogP contribution is 2.15. The molecule has 0 saturated heterocycles. The van der Waals surface area contributed by atoms with Crippen LogP contribution in [0.5, 0.6) is 0 Å². The molecule has 0 bridgehead atoms. The summed E-state index contributed by atoms with van der Waals surface area (Å²) < 4.78 is 5.05. The fraction of sp³-hybridized carbons (Fsp3) is 0.111. The number of oxime groups is 1. The second-order valence-corrected chi connectivity index (χ2v) is 3.07. The molecule has 1 unspecified atom stereocenters. The third-order valence-electron chi connectivity index (χ3n) is 1.67. The summed E-state index contributed by atoms with van der Waals surface area (Å²) in [6, 6.07) is 6.88. The minimum absolute atomic E-state index is 0.291. The van der Waals surface area contributed by atoms with Crippen molar-refractivity contribution in [3.8, 4) is 0 Å². The summed E-state index contributed by atoms with van der Waals surface area (Å²) in [5, 5.41) is 4.23. The first kappa shape index (κ1) is 9.02. The van der Waals surface area contributed by atoms with Gasteiger partial charge >= 0.3 is 6.29 Å². The van der Waals surface area contributed by atoms with Crippen LogP contribution >= 0.6 is 11.6 Å². The zero-order valence-electron chi connectivity index (χ0n) is 7.01. The molecule has 0 radical (unpaired) electrons. The zero-order chi connectivity index (χ0) is 9.97. The Morgan fingerprint density at radius 1 is 1.36 bits per heavy atom. The lowest BCUT2D eigenvalue weighted by Gasteiger charge is -2.01. The van der Waals surface area contributed by atoms with Gasteiger partial charge in [-0.15, -0.1) is 0 Å². The molecule has 0 aliphatic carbocycles. The van der Waals surface area contributed by atoms with Crippen LogP contribution in [0, 0.1) is 0 Å². The SMILES string of the molecule is O=CC1ON=C(c2ccc(Cl)cc2)O1. The van der Waals surface area contributed by atoms with E-state index in [9.17, 15) is 4.79 Å². The number of halogens is 1. The molecule has 1 aromatic rings. The van der Waals surface area contributed by atoms with Gasteiger partial charge in [-0.2, -0.15) is 0 Å². The number of carbonyl (C=O) groups is 1. The van der Waals surface area contributed by atoms with Crippen molar-refractivity contribution in [1.82, 2.24) is 0 Å². The number of ether oxygens (including phenoxy) is 1. The predicted octanol–water partition coefficient (Wildman–Crippen LogP) is 1.57. The second-order valence-electron chi connectivity index (χ2n) is 2.63. The van der Waals surface area contributed by atoms with E-state index in [1.165, 1.54) is 0 Å². The van der Waals surface area contributed by atoms with Gasteiger partial charge in [-0.3, -0.25) is 4.79 Å². The number of hydrogen-bond acceptors (Lipinski definition) is 4. The number of nitrogens with zero attached hydrogens (tertiary/aromatic N) is 1. The van der Waals surface area contributed by atoms with E-state index in [0.29, 0.717) is 17.2 Å². The highest BCUT2D eigenvalue weighted by atomic mass is 35.5. The lowest BCUT2D eigenvalue weighted by Crippen LogP contribution is -2.13. The third kappa shape index (κ3) is 1.70. The van der Waals surface area contributed by atoms with Crippen LogP contribution in [0.2, 0.25) is 5.02 Å². The van der Waals surface area contributed by atoms with Crippen LogP contribution in [0.4, 0.5) is 0 Å². The van der Waals surface area contributed by atoms with Gasteiger partial charge in [0.25, 0.3) is 5.90 Å². The monoisotopic (exact) mass is 211 g/mol. The molecule has 5 heteroatoms. The molecule has 0 spiro atoms. The topological polar surface area (TPSA) is 47.9 Å². The molecule has 0 amide bonds. The van der Waals surface area contributed by atoms with Gasteiger partial charge in [-0.25, -0.2) is 0 Å². The fourth-order valence-corrected chi connectivity index (χ4v) is 1.14. The highest BCUT2D eigenvalue weighted by Gasteiger charge is 2.21. The largest absolute Gasteiger partial charge is 0.426 e. The Bertz CT molecular complexity index is 374. The van der Waals surface area contributed by atoms with Crippen LogP contribution in [0.25, 0.3) is 0 Å². The van der Waals surface area contributed by atoms with Gasteiger partial charge in [0, 0.05) is 10.6 Å². The van der Waals surface area contributed by atoms with Crippen LogP contribution in [0.15, 0.2) is 29.4 Å². The minimum atomic E-state index is -0.930. The van der Waals surface area contributed by atoms with E-state index >= 15 is 0 Å². The van der Waals surface area contributed by atoms with Gasteiger partial charge in [-0.05, 0) is 29.4 Å². The molecule has 0 saturated carbocycles. The van der Waals surface area contributed by atoms with Crippen LogP contribution in [0.3, 0.4) is 0 Å². The quantitative estimate of drug-likeness (QED) is 0.698. The molecule has 14 heavy (non-hydrogen) atoms. The van der Waals surface area contributed by atoms with Crippen molar-refractivity contribution in [3.05, 3.63) is 34.9 Å². The molecule has 2 rings (SSSR count). The summed E-state index contributed by atoms with van der Waals surface area (Å²) in [6.45, 7) is 0. The predicted molar refractivity (Wildman–Crippen MR) is 50.0 cm³/mol. The van der Waals surface area contributed by atoms with Crippen LogP contribution in [-0.2, 0) is 14.4 Å². The molecule has 1 aliphatic heterocycles. The van der Waals surface area contributed by atoms with E-state index in [0.717, 1.165) is 5.56 Å². The summed E-state index contributed by atoms with van der Waals surface area (Å²) >= 11 is 5.71. The number of carbonyl (C=O) groups excluding carboxylic acids is 1. The van der Waals surface area contributed by atoms with E-state index in [2.05, 4.69) is 9.99 Å². The summed E-state index contributed by atoms with van der Waals surface area (Å²) in [4.78, 5) is 15.0. The smallest absolute Gasteiger partial charge is 0.323 e. The molecule has 1 aromatic carbocycles. The number of rotatable bonds is 2. The summed E-state index contributed by atoms with van der Waals surface area (Å²) in [5.74, 6) is 0.291. The second kappa shape index (κ2) is 3.67. The average molecular weight is 212 g/mol. The maximum Gasteiger partial charge on any atom is 0.323 e. The van der Waals surface area contributed by atoms with Gasteiger partial charge in [-0.1, -0.05) is 11.6 Å². The van der Waals surface area contributed by atoms with E-state index in [4.69, 9.17) is 16.3 Å². The molecule has 1 aliphatic rings. The number of aldehydes is 1. The van der Waals surface area contributed by atoms with Crippen molar-refractivity contribution in [2.24, 2.45) is 5.16 Å². The lowest BCUT2D eigenvalue weighted by molar-refractivity contribution is -0.131. The minimum Gasteiger partial charge on any atom is -0.426 e. The molecule has 4 nitrogen and oxygen atoms in total. The van der Waals surface area contributed by atoms with Crippen LogP contribution in [0.1, 0.15) is 5.56 Å². The Labute approximate surface area is 85.1 Å². The standard InChI is InChI=1S/C9H6ClNO3/c10-7-3-1-6(2-4-7)9-11-14-8(5-12)13-9/h1-5,8H. The summed E-state index contributed by atoms with van der Waals surface area (Å²) in [5.41, 5.74) is 0.721. The van der Waals surface area contributed by atoms with Crippen LogP contribution in [-0.4, -0.2) is 18.5 Å². The molecule has 72 valence electrons. The molecule has 1 heterocycles. The van der Waals surface area contributed by atoms with Gasteiger partial charge in [0.05, 0.1) is 0 Å². The highest BCUT2D eigenvalue weighted by molar-refractivity contribution is 6.30. The van der Waals surface area contributed by atoms with Gasteiger partial charge in [0.1, 0.15) is 0 Å². The Kier molecular flexibility index (Phi) is 2.37. The fourth-order valence-electron chi connectivity index (χ4n) is 1.02. The Balaban J connectivity index is 2.17. The Morgan fingerprint density at radius 2 is 2.07 bits per heavy atom. The maximum absolute atomic E-state index is 10.3. The van der Waals surface area contributed by atoms with Crippen LogP contribution < -0.4 is 0 Å². The van der Waals surface area contributed by atoms with Crippen molar-refractivity contribution < 1.29 is 14.4 Å². The van der Waals surface area contributed by atoms with Gasteiger partial charge in [0.2, 0.25) is 6.29 Å². The van der Waals surface area contributed by atoms with Crippen molar-refractivity contribution in [1.29, 1.82) is 0 Å². The summed E-state index contributed by atoms with van der Waals surface area (Å²) in [6.07, 6.45) is -0.396. The van der Waals surface area contributed by atoms with Crippen molar-refractivity contribution >= 4 is 23.8 Å². The molecular formula is C9H6ClNO3. The third-order valence-corrected chi connectivity index (χ3v) is 1.92. The molecule has 1 atom stereocenters. The van der Waals surface area contributed by atoms with Gasteiger partial charge < -0.3 is 9.57 Å². The van der Waals surface area contributed by atoms with E-state index in [1.54, 1.807) is 24.3 Å². The van der Waals surface area contributed by atoms with E-state index in [-0.39, 0.29) is 0 Å². The molecule has 0 fully saturated rings. The number of benzene rings is 1. The van der Waals surface area contributed by atoms with Crippen molar-refractivity contribution in [2.75, 3.05) is 0 Å². The van der Waals surface area contributed by atoms with Gasteiger partial charge in [0.15, 0.2) is 0 Å². The Morgan fingerprint density at radius 3 is 2.64 bits per heavy atom. The Hall–Kier alpha value is -1.55. The lowest BCUT2D eigenvalue weighted by atomic mass is 10.2. The van der Waals surface area contributed by atoms with E-state index in [1.807, 2.05) is 0 Å². The first-order valence-electron chi connectivity index (χ1n) is 3.91. The molecule has 0 aromatic heterocycles. The number of hydrogen-bond donors (Lipinski definition) is 0.